The first kappa shape index (κ1) is 21.5. The van der Waals surface area contributed by atoms with Gasteiger partial charge in [0.05, 0.1) is 11.1 Å². The highest BCUT2D eigenvalue weighted by Crippen LogP contribution is 2.31. The first-order valence-corrected chi connectivity index (χ1v) is 8.69. The van der Waals surface area contributed by atoms with Gasteiger partial charge in [-0.15, -0.1) is 0 Å². The van der Waals surface area contributed by atoms with E-state index in [4.69, 9.17) is 0 Å². The molecule has 0 spiro atoms. The summed E-state index contributed by atoms with van der Waals surface area (Å²) in [4.78, 5) is 11.0. The van der Waals surface area contributed by atoms with Crippen LogP contribution >= 0.6 is 0 Å². The van der Waals surface area contributed by atoms with Crippen LogP contribution in [0.15, 0.2) is 42.5 Å². The van der Waals surface area contributed by atoms with Gasteiger partial charge in [0.2, 0.25) is 0 Å². The normalized spacial score (nSPS) is 12.9. The fourth-order valence-electron chi connectivity index (χ4n) is 2.02. The van der Waals surface area contributed by atoms with Gasteiger partial charge in [0.1, 0.15) is 0 Å². The maximum absolute atomic E-state index is 12.7. The summed E-state index contributed by atoms with van der Waals surface area (Å²) < 4.78 is 101. The Kier molecular flexibility index (Phi) is 5.88. The van der Waals surface area contributed by atoms with E-state index in [1.54, 1.807) is 0 Å². The van der Waals surface area contributed by atoms with Crippen molar-refractivity contribution in [3.63, 3.8) is 0 Å². The molecular weight excluding hydrogens is 414 g/mol. The average Bonchev–Trinajstić information content (AvgIpc) is 2.59. The molecule has 0 bridgehead atoms. The second-order valence-corrected chi connectivity index (χ2v) is 6.89. The van der Waals surface area contributed by atoms with E-state index in [-0.39, 0.29) is 17.4 Å². The quantitative estimate of drug-likeness (QED) is 0.225. The lowest BCUT2D eigenvalue weighted by atomic mass is 10.1. The molecule has 2 rings (SSSR count). The molecule has 0 aliphatic carbocycles. The number of aldehydes is 1. The number of hydrogen-bond acceptors (Lipinski definition) is 4. The lowest BCUT2D eigenvalue weighted by Gasteiger charge is -2.11. The first-order valence-electron chi connectivity index (χ1n) is 7.29. The molecule has 0 fully saturated rings. The monoisotopic (exact) mass is 424 g/mol. The maximum Gasteiger partial charge on any atom is 0.534 e. The molecule has 0 N–H and O–H groups in total. The molecule has 0 saturated carbocycles. The zero-order valence-corrected chi connectivity index (χ0v) is 14.4. The van der Waals surface area contributed by atoms with E-state index >= 15 is 0 Å². The van der Waals surface area contributed by atoms with E-state index in [0.717, 1.165) is 30.3 Å². The summed E-state index contributed by atoms with van der Waals surface area (Å²) in [5.41, 5.74) is -6.63. The molecule has 0 atom stereocenters. The minimum atomic E-state index is -5.95. The molecule has 0 saturated heterocycles. The molecule has 0 aliphatic heterocycles. The van der Waals surface area contributed by atoms with Crippen molar-refractivity contribution in [2.45, 2.75) is 11.7 Å². The first-order chi connectivity index (χ1) is 12.8. The Morgan fingerprint density at radius 1 is 0.857 bits per heavy atom. The Balaban J connectivity index is 2.30. The van der Waals surface area contributed by atoms with Crippen LogP contribution in [-0.2, 0) is 16.3 Å². The number of alkyl halides is 6. The predicted octanol–water partition coefficient (Wildman–Crippen LogP) is 4.92. The van der Waals surface area contributed by atoms with Crippen LogP contribution in [0.3, 0.4) is 0 Å². The molecule has 0 amide bonds. The summed E-state index contributed by atoms with van der Waals surface area (Å²) in [6.07, 6.45) is -1.86. The Bertz CT molecular complexity index is 1010. The number of carbonyl (C=O) groups is 1. The smallest absolute Gasteiger partial charge is 0.375 e. The molecule has 4 nitrogen and oxygen atoms in total. The molecule has 2 aromatic carbocycles. The van der Waals surface area contributed by atoms with Crippen molar-refractivity contribution >= 4 is 28.6 Å². The molecule has 0 aromatic heterocycles. The van der Waals surface area contributed by atoms with Crippen molar-refractivity contribution in [2.75, 3.05) is 0 Å². The van der Waals surface area contributed by atoms with E-state index < -0.39 is 38.7 Å². The molecule has 0 radical (unpaired) electrons. The molecule has 0 aliphatic rings. The van der Waals surface area contributed by atoms with E-state index in [1.165, 1.54) is 24.3 Å². The highest BCUT2D eigenvalue weighted by atomic mass is 32.2. The van der Waals surface area contributed by atoms with Crippen LogP contribution in [0.25, 0.3) is 12.2 Å². The Morgan fingerprint density at radius 3 is 2.00 bits per heavy atom. The maximum atomic E-state index is 12.7. The van der Waals surface area contributed by atoms with Crippen molar-refractivity contribution < 1.29 is 43.7 Å². The zero-order valence-electron chi connectivity index (χ0n) is 13.6. The Hall–Kier alpha value is -2.82. The largest absolute Gasteiger partial charge is 0.534 e. The average molecular weight is 424 g/mol. The minimum Gasteiger partial charge on any atom is -0.375 e. The van der Waals surface area contributed by atoms with E-state index in [2.05, 4.69) is 4.18 Å². The van der Waals surface area contributed by atoms with Crippen molar-refractivity contribution in [3.05, 3.63) is 64.7 Å². The summed E-state index contributed by atoms with van der Waals surface area (Å²) in [5, 5.41) is 0. The SMILES string of the molecule is O=Cc1cc(/C=C/c2cccc(C(F)(F)F)c2)ccc1OS(=O)(=O)C(F)(F)F. The molecule has 11 heteroatoms. The van der Waals surface area contributed by atoms with Gasteiger partial charge in [-0.1, -0.05) is 30.4 Å². The number of halogens is 6. The third-order valence-corrected chi connectivity index (χ3v) is 4.29. The molecule has 0 unspecified atom stereocenters. The van der Waals surface area contributed by atoms with Gasteiger partial charge in [-0.2, -0.15) is 34.8 Å². The summed E-state index contributed by atoms with van der Waals surface area (Å²) in [7, 11) is -5.95. The fourth-order valence-corrected chi connectivity index (χ4v) is 2.50. The van der Waals surface area contributed by atoms with Crippen LogP contribution < -0.4 is 4.18 Å². The lowest BCUT2D eigenvalue weighted by Crippen LogP contribution is -2.28. The summed E-state index contributed by atoms with van der Waals surface area (Å²) in [6, 6.07) is 7.34. The van der Waals surface area contributed by atoms with Gasteiger partial charge in [0.15, 0.2) is 12.0 Å². The van der Waals surface area contributed by atoms with Crippen molar-refractivity contribution in [1.82, 2.24) is 0 Å². The number of benzene rings is 2. The van der Waals surface area contributed by atoms with Gasteiger partial charge in [0, 0.05) is 0 Å². The topological polar surface area (TPSA) is 60.4 Å². The molecule has 28 heavy (non-hydrogen) atoms. The van der Waals surface area contributed by atoms with Gasteiger partial charge in [-0.25, -0.2) is 0 Å². The number of rotatable bonds is 5. The lowest BCUT2D eigenvalue weighted by molar-refractivity contribution is -0.137. The summed E-state index contributed by atoms with van der Waals surface area (Å²) >= 11 is 0. The summed E-state index contributed by atoms with van der Waals surface area (Å²) in [5.74, 6) is -0.830. The molecular formula is C17H10F6O4S. The Labute approximate surface area is 155 Å². The molecule has 150 valence electrons. The predicted molar refractivity (Wildman–Crippen MR) is 87.8 cm³/mol. The van der Waals surface area contributed by atoms with Crippen LogP contribution in [0.1, 0.15) is 27.0 Å². The van der Waals surface area contributed by atoms with Crippen LogP contribution in [0.2, 0.25) is 0 Å². The van der Waals surface area contributed by atoms with Crippen molar-refractivity contribution in [1.29, 1.82) is 0 Å². The van der Waals surface area contributed by atoms with Gasteiger partial charge in [-0.3, -0.25) is 4.79 Å². The van der Waals surface area contributed by atoms with Crippen molar-refractivity contribution in [3.8, 4) is 5.75 Å². The van der Waals surface area contributed by atoms with Crippen LogP contribution in [0.5, 0.6) is 5.75 Å². The summed E-state index contributed by atoms with van der Waals surface area (Å²) in [6.45, 7) is 0. The van der Waals surface area contributed by atoms with Gasteiger partial charge in [0.25, 0.3) is 0 Å². The molecule has 2 aromatic rings. The third-order valence-electron chi connectivity index (χ3n) is 3.33. The van der Waals surface area contributed by atoms with Gasteiger partial charge < -0.3 is 4.18 Å². The Morgan fingerprint density at radius 2 is 1.46 bits per heavy atom. The van der Waals surface area contributed by atoms with E-state index in [1.807, 2.05) is 0 Å². The van der Waals surface area contributed by atoms with Crippen LogP contribution in [0.4, 0.5) is 26.3 Å². The number of hydrogen-bond donors (Lipinski definition) is 0. The van der Waals surface area contributed by atoms with Crippen LogP contribution in [0, 0.1) is 0 Å². The van der Waals surface area contributed by atoms with Gasteiger partial charge >= 0.3 is 21.8 Å². The van der Waals surface area contributed by atoms with Crippen LogP contribution in [-0.4, -0.2) is 20.2 Å². The third kappa shape index (κ3) is 5.12. The zero-order chi connectivity index (χ0) is 21.2. The molecule has 0 heterocycles. The van der Waals surface area contributed by atoms with E-state index in [9.17, 15) is 39.6 Å². The fraction of sp³-hybridized carbons (Fsp3) is 0.118. The standard InChI is InChI=1S/C17H10F6O4S/c18-16(19,20)14-3-1-2-11(9-14)4-5-12-6-7-15(13(8-12)10-24)27-28(25,26)17(21,22)23/h1-10H/b5-4+. The highest BCUT2D eigenvalue weighted by Gasteiger charge is 2.48. The van der Waals surface area contributed by atoms with Gasteiger partial charge in [-0.05, 0) is 35.4 Å². The van der Waals surface area contributed by atoms with Crippen molar-refractivity contribution in [2.24, 2.45) is 0 Å². The van der Waals surface area contributed by atoms with E-state index in [0.29, 0.717) is 0 Å². The highest BCUT2D eigenvalue weighted by molar-refractivity contribution is 7.88. The second-order valence-electron chi connectivity index (χ2n) is 5.35. The minimum absolute atomic E-state index is 0.0862. The number of carbonyl (C=O) groups excluding carboxylic acids is 1. The second kappa shape index (κ2) is 7.66.